The molecule has 33 heavy (non-hydrogen) atoms. The van der Waals surface area contributed by atoms with Crippen molar-refractivity contribution in [3.05, 3.63) is 83.2 Å². The highest BCUT2D eigenvalue weighted by atomic mass is 35.5. The molecule has 0 bridgehead atoms. The Balaban J connectivity index is 1.84. The molecule has 168 valence electrons. The molecule has 0 atom stereocenters. The summed E-state index contributed by atoms with van der Waals surface area (Å²) in [4.78, 5) is 25.5. The van der Waals surface area contributed by atoms with Crippen LogP contribution in [0.4, 0.5) is 0 Å². The first-order valence-corrected chi connectivity index (χ1v) is 11.3. The quantitative estimate of drug-likeness (QED) is 0.519. The monoisotopic (exact) mass is 482 g/mol. The number of thiazole rings is 1. The van der Waals surface area contributed by atoms with Gasteiger partial charge in [-0.05, 0) is 42.8 Å². The predicted molar refractivity (Wildman–Crippen MR) is 124 cm³/mol. The molecule has 1 aromatic heterocycles. The zero-order chi connectivity index (χ0) is 23.4. The normalized spacial score (nSPS) is 13.8. The Morgan fingerprint density at radius 1 is 1.33 bits per heavy atom. The Kier molecular flexibility index (Phi) is 6.94. The summed E-state index contributed by atoms with van der Waals surface area (Å²) in [6.45, 7) is 2.57. The van der Waals surface area contributed by atoms with Crippen LogP contribution in [0.25, 0.3) is 12.2 Å². The molecule has 0 spiro atoms. The summed E-state index contributed by atoms with van der Waals surface area (Å²) in [6, 6.07) is 12.5. The van der Waals surface area contributed by atoms with Gasteiger partial charge in [-0.1, -0.05) is 23.7 Å². The van der Waals surface area contributed by atoms with Crippen molar-refractivity contribution in [3.63, 3.8) is 0 Å². The third kappa shape index (κ3) is 5.17. The number of carbonyl (C=O) groups is 1. The van der Waals surface area contributed by atoms with Gasteiger partial charge in [0, 0.05) is 16.1 Å². The molecule has 2 aromatic carbocycles. The van der Waals surface area contributed by atoms with Crippen LogP contribution in [0.3, 0.4) is 0 Å². The molecule has 7 nitrogen and oxygen atoms in total. The molecule has 0 radical (unpaired) electrons. The van der Waals surface area contributed by atoms with E-state index in [0.717, 1.165) is 11.1 Å². The van der Waals surface area contributed by atoms with Crippen molar-refractivity contribution >= 4 is 41.1 Å². The van der Waals surface area contributed by atoms with Crippen molar-refractivity contribution in [2.45, 2.75) is 20.1 Å². The summed E-state index contributed by atoms with van der Waals surface area (Å²) in [7, 11) is 0. The van der Waals surface area contributed by atoms with E-state index in [2.05, 4.69) is 6.07 Å². The smallest absolute Gasteiger partial charge is 0.333 e. The van der Waals surface area contributed by atoms with E-state index in [-0.39, 0.29) is 25.5 Å². The Morgan fingerprint density at radius 2 is 2.12 bits per heavy atom. The fourth-order valence-electron chi connectivity index (χ4n) is 3.43. The lowest BCUT2D eigenvalue weighted by Gasteiger charge is -2.21. The molecule has 0 aliphatic carbocycles. The molecule has 0 unspecified atom stereocenters. The van der Waals surface area contributed by atoms with Gasteiger partial charge < -0.3 is 14.2 Å². The lowest BCUT2D eigenvalue weighted by molar-refractivity contribution is -0.135. The minimum Gasteiger partial charge on any atom is -0.467 e. The number of esters is 1. The van der Waals surface area contributed by atoms with Crippen LogP contribution >= 0.6 is 22.9 Å². The van der Waals surface area contributed by atoms with Crippen molar-refractivity contribution < 1.29 is 19.0 Å². The maximum absolute atomic E-state index is 13.3. The molecule has 0 amide bonds. The van der Waals surface area contributed by atoms with Gasteiger partial charge in [0.15, 0.2) is 6.79 Å². The fourth-order valence-corrected chi connectivity index (χ4v) is 4.72. The van der Waals surface area contributed by atoms with Crippen LogP contribution in [0.15, 0.2) is 41.2 Å². The number of fused-ring (bicyclic) bond motifs is 1. The van der Waals surface area contributed by atoms with Crippen LogP contribution in [0.1, 0.15) is 29.2 Å². The van der Waals surface area contributed by atoms with E-state index in [0.29, 0.717) is 37.7 Å². The minimum absolute atomic E-state index is 0.111. The van der Waals surface area contributed by atoms with Gasteiger partial charge in [-0.3, -0.25) is 9.36 Å². The zero-order valence-electron chi connectivity index (χ0n) is 17.7. The number of halogens is 1. The third-order valence-electron chi connectivity index (χ3n) is 4.88. The van der Waals surface area contributed by atoms with E-state index in [9.17, 15) is 9.59 Å². The molecule has 0 N–H and O–H groups in total. The van der Waals surface area contributed by atoms with Crippen LogP contribution in [0.5, 0.6) is 5.75 Å². The SMILES string of the molecule is CCOC(=O)/C=c1\s/c(=C/c2ccc(C#N)cc2)c(=O)n1Cc1cc(Cl)cc2c1OCOC2. The molecule has 3 aromatic rings. The van der Waals surface area contributed by atoms with E-state index in [1.165, 1.54) is 22.0 Å². The first kappa shape index (κ1) is 22.8. The second kappa shape index (κ2) is 10.0. The lowest BCUT2D eigenvalue weighted by atomic mass is 10.1. The van der Waals surface area contributed by atoms with E-state index in [1.807, 2.05) is 0 Å². The summed E-state index contributed by atoms with van der Waals surface area (Å²) >= 11 is 7.46. The molecule has 1 aliphatic rings. The Hall–Kier alpha value is -3.38. The number of benzene rings is 2. The fraction of sp³-hybridized carbons (Fsp3) is 0.208. The van der Waals surface area contributed by atoms with E-state index < -0.39 is 5.97 Å². The van der Waals surface area contributed by atoms with Crippen LogP contribution in [-0.2, 0) is 27.4 Å². The highest BCUT2D eigenvalue weighted by molar-refractivity contribution is 7.07. The standard InChI is InChI=1S/C24H19ClN2O5S/c1-2-31-22(28)10-21-27(12-17-8-19(25)9-18-13-30-14-32-23(17)18)24(29)20(33-21)7-15-3-5-16(11-26)6-4-15/h3-10H,2,12-14H2,1H3/b20-7+,21-10-. The molecule has 2 heterocycles. The summed E-state index contributed by atoms with van der Waals surface area (Å²) in [5.74, 6) is 0.0960. The highest BCUT2D eigenvalue weighted by Gasteiger charge is 2.18. The van der Waals surface area contributed by atoms with Gasteiger partial charge in [0.25, 0.3) is 5.56 Å². The third-order valence-corrected chi connectivity index (χ3v) is 6.16. The van der Waals surface area contributed by atoms with Crippen molar-refractivity contribution in [2.75, 3.05) is 13.4 Å². The van der Waals surface area contributed by atoms with Crippen molar-refractivity contribution in [3.8, 4) is 11.8 Å². The highest BCUT2D eigenvalue weighted by Crippen LogP contribution is 2.31. The first-order valence-electron chi connectivity index (χ1n) is 10.1. The Morgan fingerprint density at radius 3 is 2.85 bits per heavy atom. The van der Waals surface area contributed by atoms with Crippen molar-refractivity contribution in [1.82, 2.24) is 4.57 Å². The summed E-state index contributed by atoms with van der Waals surface area (Å²) in [5, 5.41) is 9.49. The van der Waals surface area contributed by atoms with E-state index in [4.69, 9.17) is 31.1 Å². The molecular weight excluding hydrogens is 464 g/mol. The second-order valence-electron chi connectivity index (χ2n) is 7.13. The van der Waals surface area contributed by atoms with Gasteiger partial charge in [-0.25, -0.2) is 4.79 Å². The zero-order valence-corrected chi connectivity index (χ0v) is 19.2. The average molecular weight is 483 g/mol. The van der Waals surface area contributed by atoms with Crippen LogP contribution in [0, 0.1) is 11.3 Å². The maximum atomic E-state index is 13.3. The van der Waals surface area contributed by atoms with Crippen molar-refractivity contribution in [1.29, 1.82) is 5.26 Å². The molecule has 4 rings (SSSR count). The van der Waals surface area contributed by atoms with Gasteiger partial charge in [-0.2, -0.15) is 5.26 Å². The van der Waals surface area contributed by atoms with Gasteiger partial charge in [0.05, 0.1) is 42.0 Å². The van der Waals surface area contributed by atoms with Crippen LogP contribution in [-0.4, -0.2) is 23.9 Å². The van der Waals surface area contributed by atoms with Crippen molar-refractivity contribution in [2.24, 2.45) is 0 Å². The Bertz CT molecular complexity index is 1420. The number of aromatic nitrogens is 1. The number of carbonyl (C=O) groups excluding carboxylic acids is 1. The topological polar surface area (TPSA) is 90.6 Å². The van der Waals surface area contributed by atoms with E-state index in [1.54, 1.807) is 49.4 Å². The van der Waals surface area contributed by atoms with Crippen LogP contribution in [0.2, 0.25) is 5.02 Å². The number of nitrogens with zero attached hydrogens (tertiary/aromatic N) is 2. The molecule has 1 aliphatic heterocycles. The number of hydrogen-bond acceptors (Lipinski definition) is 7. The number of ether oxygens (including phenoxy) is 3. The maximum Gasteiger partial charge on any atom is 0.333 e. The average Bonchev–Trinajstić information content (AvgIpc) is 3.08. The summed E-state index contributed by atoms with van der Waals surface area (Å²) < 4.78 is 18.4. The number of hydrogen-bond donors (Lipinski definition) is 0. The Labute approximate surface area is 198 Å². The molecule has 0 fully saturated rings. The molecular formula is C24H19ClN2O5S. The summed E-state index contributed by atoms with van der Waals surface area (Å²) in [5.41, 5.74) is 2.54. The lowest BCUT2D eigenvalue weighted by Crippen LogP contribution is -2.32. The molecule has 0 saturated carbocycles. The summed E-state index contributed by atoms with van der Waals surface area (Å²) in [6.07, 6.45) is 3.04. The minimum atomic E-state index is -0.532. The van der Waals surface area contributed by atoms with E-state index >= 15 is 0 Å². The molecule has 0 saturated heterocycles. The van der Waals surface area contributed by atoms with Gasteiger partial charge in [-0.15, -0.1) is 11.3 Å². The number of nitriles is 1. The second-order valence-corrected chi connectivity index (χ2v) is 8.63. The largest absolute Gasteiger partial charge is 0.467 e. The van der Waals surface area contributed by atoms with Gasteiger partial charge in [0.2, 0.25) is 0 Å². The van der Waals surface area contributed by atoms with Gasteiger partial charge in [0.1, 0.15) is 10.4 Å². The first-order chi connectivity index (χ1) is 16.0. The van der Waals surface area contributed by atoms with Crippen LogP contribution < -0.4 is 19.5 Å². The molecule has 9 heteroatoms. The van der Waals surface area contributed by atoms with Gasteiger partial charge >= 0.3 is 5.97 Å². The predicted octanol–water partition coefficient (Wildman–Crippen LogP) is 2.52. The number of rotatable bonds is 5.